The fourth-order valence-corrected chi connectivity index (χ4v) is 4.75. The van der Waals surface area contributed by atoms with Gasteiger partial charge in [-0.25, -0.2) is 0 Å². The zero-order chi connectivity index (χ0) is 22.9. The molecule has 0 spiro atoms. The fraction of sp³-hybridized carbons (Fsp3) is 0.536. The van der Waals surface area contributed by atoms with Crippen molar-refractivity contribution in [2.75, 3.05) is 6.54 Å². The maximum absolute atomic E-state index is 13.3. The summed E-state index contributed by atoms with van der Waals surface area (Å²) >= 11 is 6.52. The lowest BCUT2D eigenvalue weighted by Gasteiger charge is -2.36. The Bertz CT molecular complexity index is 821. The second-order valence-corrected chi connectivity index (χ2v) is 9.08. The van der Waals surface area contributed by atoms with Crippen LogP contribution in [-0.4, -0.2) is 12.5 Å². The molecule has 0 aromatic heterocycles. The van der Waals surface area contributed by atoms with Gasteiger partial charge in [0.1, 0.15) is 0 Å². The summed E-state index contributed by atoms with van der Waals surface area (Å²) < 4.78 is 0. The summed E-state index contributed by atoms with van der Waals surface area (Å²) in [4.78, 5) is 13.3. The van der Waals surface area contributed by atoms with Crippen LogP contribution < -0.4 is 5.32 Å². The first-order valence-corrected chi connectivity index (χ1v) is 12.5. The van der Waals surface area contributed by atoms with E-state index in [0.717, 1.165) is 54.7 Å². The summed E-state index contributed by atoms with van der Waals surface area (Å²) in [5.41, 5.74) is 4.40. The number of halogens is 1. The fourth-order valence-electron chi connectivity index (χ4n) is 4.46. The summed E-state index contributed by atoms with van der Waals surface area (Å²) in [6.45, 7) is 11.1. The Morgan fingerprint density at radius 3 is 2.29 bits per heavy atom. The van der Waals surface area contributed by atoms with Gasteiger partial charge in [-0.15, -0.1) is 0 Å². The molecule has 170 valence electrons. The first-order valence-electron chi connectivity index (χ1n) is 12.1. The van der Waals surface area contributed by atoms with E-state index in [1.165, 1.54) is 17.5 Å². The normalized spacial score (nSPS) is 16.1. The molecule has 1 aliphatic rings. The molecule has 3 rings (SSSR count). The lowest BCUT2D eigenvalue weighted by molar-refractivity contribution is -0.128. The Labute approximate surface area is 194 Å². The highest BCUT2D eigenvalue weighted by atomic mass is 35.5. The van der Waals surface area contributed by atoms with Crippen LogP contribution in [0.25, 0.3) is 0 Å². The van der Waals surface area contributed by atoms with E-state index in [9.17, 15) is 4.79 Å². The lowest BCUT2D eigenvalue weighted by Crippen LogP contribution is -2.46. The molecule has 0 heterocycles. The summed E-state index contributed by atoms with van der Waals surface area (Å²) in [6, 6.07) is 14.9. The number of benzene rings is 2. The van der Waals surface area contributed by atoms with Crippen LogP contribution in [0.5, 0.6) is 0 Å². The number of carbonyl (C=O) groups excluding carboxylic acids is 1. The number of aryl methyl sites for hydroxylation is 1. The molecular weight excluding hydrogens is 402 g/mol. The molecule has 1 N–H and O–H groups in total. The number of hydrogen-bond donors (Lipinski definition) is 1. The molecule has 2 aromatic rings. The van der Waals surface area contributed by atoms with Gasteiger partial charge in [-0.1, -0.05) is 101 Å². The van der Waals surface area contributed by atoms with Gasteiger partial charge in [0, 0.05) is 11.6 Å². The highest BCUT2D eigenvalue weighted by molar-refractivity contribution is 6.31. The van der Waals surface area contributed by atoms with Gasteiger partial charge in [0.2, 0.25) is 5.91 Å². The van der Waals surface area contributed by atoms with E-state index in [1.807, 2.05) is 13.8 Å². The van der Waals surface area contributed by atoms with Crippen molar-refractivity contribution in [3.63, 3.8) is 0 Å². The van der Waals surface area contributed by atoms with Crippen LogP contribution in [0.3, 0.4) is 0 Å². The van der Waals surface area contributed by atoms with Crippen molar-refractivity contribution >= 4 is 17.5 Å². The molecule has 0 radical (unpaired) electrons. The third kappa shape index (κ3) is 6.35. The number of rotatable bonds is 7. The van der Waals surface area contributed by atoms with Gasteiger partial charge in [0.15, 0.2) is 0 Å². The van der Waals surface area contributed by atoms with Crippen LogP contribution >= 0.6 is 11.6 Å². The number of carbonyl (C=O) groups is 1. The summed E-state index contributed by atoms with van der Waals surface area (Å²) in [5, 5.41) is 4.04. The van der Waals surface area contributed by atoms with Crippen LogP contribution in [0.1, 0.15) is 94.4 Å². The van der Waals surface area contributed by atoms with Crippen molar-refractivity contribution in [3.8, 4) is 0 Å². The van der Waals surface area contributed by atoms with Gasteiger partial charge < -0.3 is 5.32 Å². The Kier molecular flexibility index (Phi) is 10.1. The molecule has 1 atom stereocenters. The Morgan fingerprint density at radius 1 is 1.06 bits per heavy atom. The summed E-state index contributed by atoms with van der Waals surface area (Å²) in [5.74, 6) is 0.690. The van der Waals surface area contributed by atoms with Gasteiger partial charge in [-0.3, -0.25) is 4.79 Å². The summed E-state index contributed by atoms with van der Waals surface area (Å²) in [7, 11) is 0. The molecule has 0 saturated heterocycles. The van der Waals surface area contributed by atoms with Crippen LogP contribution in [0, 0.1) is 6.92 Å². The first-order chi connectivity index (χ1) is 15.0. The second kappa shape index (κ2) is 12.3. The van der Waals surface area contributed by atoms with E-state index in [0.29, 0.717) is 12.5 Å². The number of amides is 1. The smallest absolute Gasteiger partial charge is 0.230 e. The zero-order valence-corrected chi connectivity index (χ0v) is 20.8. The lowest BCUT2D eigenvalue weighted by atomic mass is 9.68. The molecule has 1 saturated carbocycles. The van der Waals surface area contributed by atoms with Crippen molar-refractivity contribution in [2.45, 2.75) is 90.9 Å². The van der Waals surface area contributed by atoms with E-state index >= 15 is 0 Å². The maximum atomic E-state index is 13.3. The SMILES string of the molecule is CC.CCC(C)c1ccc(CCNC(=O)C2(c3ccc(C)cc3)CCCCC2)c(Cl)c1. The molecule has 2 aromatic carbocycles. The standard InChI is InChI=1S/C26H34ClNO.C2H6/c1-4-20(3)22-11-10-21(24(27)18-22)14-17-28-25(29)26(15-6-5-7-16-26)23-12-8-19(2)9-13-23;1-2/h8-13,18,20H,4-7,14-17H2,1-3H3,(H,28,29);1-2H3. The molecule has 31 heavy (non-hydrogen) atoms. The molecule has 2 nitrogen and oxygen atoms in total. The molecule has 1 fully saturated rings. The molecule has 1 unspecified atom stereocenters. The third-order valence-corrected chi connectivity index (χ3v) is 7.04. The van der Waals surface area contributed by atoms with Crippen LogP contribution in [-0.2, 0) is 16.6 Å². The van der Waals surface area contributed by atoms with E-state index in [-0.39, 0.29) is 11.3 Å². The van der Waals surface area contributed by atoms with Crippen molar-refractivity contribution in [2.24, 2.45) is 0 Å². The third-order valence-electron chi connectivity index (χ3n) is 6.68. The molecule has 0 aliphatic heterocycles. The number of nitrogens with one attached hydrogen (secondary N) is 1. The Balaban J connectivity index is 0.00000166. The second-order valence-electron chi connectivity index (χ2n) is 8.67. The average molecular weight is 442 g/mol. The number of hydrogen-bond acceptors (Lipinski definition) is 1. The minimum atomic E-state index is -0.379. The molecule has 1 aliphatic carbocycles. The molecule has 1 amide bonds. The predicted octanol–water partition coefficient (Wildman–Crippen LogP) is 7.75. The quantitative estimate of drug-likeness (QED) is 0.467. The molecular formula is C28H40ClNO. The van der Waals surface area contributed by atoms with Gasteiger partial charge >= 0.3 is 0 Å². The van der Waals surface area contributed by atoms with E-state index in [2.05, 4.69) is 68.6 Å². The average Bonchev–Trinajstić information content (AvgIpc) is 2.81. The zero-order valence-electron chi connectivity index (χ0n) is 20.1. The monoisotopic (exact) mass is 441 g/mol. The first kappa shape index (κ1) is 25.5. The van der Waals surface area contributed by atoms with Crippen molar-refractivity contribution < 1.29 is 4.79 Å². The Hall–Kier alpha value is -1.80. The minimum absolute atomic E-state index is 0.174. The largest absolute Gasteiger partial charge is 0.355 e. The Morgan fingerprint density at radius 2 is 1.71 bits per heavy atom. The molecule has 0 bridgehead atoms. The van der Waals surface area contributed by atoms with E-state index in [1.54, 1.807) is 0 Å². The van der Waals surface area contributed by atoms with Crippen LogP contribution in [0.15, 0.2) is 42.5 Å². The van der Waals surface area contributed by atoms with E-state index < -0.39 is 0 Å². The van der Waals surface area contributed by atoms with Crippen molar-refractivity contribution in [1.29, 1.82) is 0 Å². The van der Waals surface area contributed by atoms with Crippen molar-refractivity contribution in [3.05, 3.63) is 69.7 Å². The van der Waals surface area contributed by atoms with Gasteiger partial charge in [-0.05, 0) is 61.3 Å². The summed E-state index contributed by atoms with van der Waals surface area (Å²) in [6.07, 6.45) is 7.19. The molecule has 3 heteroatoms. The van der Waals surface area contributed by atoms with E-state index in [4.69, 9.17) is 11.6 Å². The van der Waals surface area contributed by atoms with Crippen LogP contribution in [0.2, 0.25) is 5.02 Å². The highest BCUT2D eigenvalue weighted by Gasteiger charge is 2.40. The minimum Gasteiger partial charge on any atom is -0.355 e. The highest BCUT2D eigenvalue weighted by Crippen LogP contribution is 2.40. The van der Waals surface area contributed by atoms with Gasteiger partial charge in [-0.2, -0.15) is 0 Å². The van der Waals surface area contributed by atoms with Crippen molar-refractivity contribution in [1.82, 2.24) is 5.32 Å². The topological polar surface area (TPSA) is 29.1 Å². The van der Waals surface area contributed by atoms with Crippen LogP contribution in [0.4, 0.5) is 0 Å². The van der Waals surface area contributed by atoms with Gasteiger partial charge in [0.05, 0.1) is 5.41 Å². The predicted molar refractivity (Wildman–Crippen MR) is 134 cm³/mol. The van der Waals surface area contributed by atoms with Gasteiger partial charge in [0.25, 0.3) is 0 Å². The maximum Gasteiger partial charge on any atom is 0.230 e.